The number of nitrogens with zero attached hydrogens (tertiary/aromatic N) is 4. The number of hydrogen-bond donors (Lipinski definition) is 0. The van der Waals surface area contributed by atoms with E-state index in [0.717, 1.165) is 22.7 Å². The van der Waals surface area contributed by atoms with Gasteiger partial charge in [-0.3, -0.25) is 0 Å². The molecule has 0 fully saturated rings. The molecule has 4 heterocycles. The molecule has 0 atom stereocenters. The number of pyridine rings is 2. The lowest BCUT2D eigenvalue weighted by Crippen LogP contribution is -2.68. The van der Waals surface area contributed by atoms with Crippen LogP contribution in [0.2, 0.25) is 0 Å². The van der Waals surface area contributed by atoms with Crippen LogP contribution in [-0.2, 0) is 0 Å². The highest BCUT2D eigenvalue weighted by atomic mass is 35.7. The Labute approximate surface area is 243 Å². The van der Waals surface area contributed by atoms with Gasteiger partial charge in [-0.05, 0) is 12.1 Å². The summed E-state index contributed by atoms with van der Waals surface area (Å²) in [6, 6.07) is 33.5. The molecule has 6 aromatic rings. The van der Waals surface area contributed by atoms with E-state index in [-0.39, 0.29) is 0 Å². The van der Waals surface area contributed by atoms with E-state index in [1.54, 1.807) is 0 Å². The molecule has 216 valence electrons. The summed E-state index contributed by atoms with van der Waals surface area (Å²) >= 11 is 0. The second kappa shape index (κ2) is 13.2. The third-order valence-electron chi connectivity index (χ3n) is 5.77. The molecule has 0 aliphatic carbocycles. The highest BCUT2D eigenvalue weighted by Crippen LogP contribution is 2.23. The summed E-state index contributed by atoms with van der Waals surface area (Å²) < 4.78 is 76.7. The molecule has 4 aromatic heterocycles. The van der Waals surface area contributed by atoms with Gasteiger partial charge in [-0.25, -0.2) is 46.1 Å². The van der Waals surface area contributed by atoms with Gasteiger partial charge in [-0.15, -0.1) is 20.5 Å². The maximum absolute atomic E-state index is 8.49. The van der Waals surface area contributed by atoms with Crippen molar-refractivity contribution in [3.8, 4) is 22.5 Å². The van der Waals surface area contributed by atoms with Crippen LogP contribution in [0.25, 0.3) is 46.2 Å². The molecular formula is C28H22Cl2N4O8. The number of benzene rings is 2. The first-order valence-electron chi connectivity index (χ1n) is 11.9. The summed E-state index contributed by atoms with van der Waals surface area (Å²) in [5.74, 6) is 0. The highest BCUT2D eigenvalue weighted by molar-refractivity contribution is 5.71. The normalized spacial score (nSPS) is 11.7. The van der Waals surface area contributed by atoms with E-state index in [1.807, 2.05) is 0 Å². The summed E-state index contributed by atoms with van der Waals surface area (Å²) in [5.41, 5.74) is 6.84. The maximum Gasteiger partial charge on any atom is 0.291 e. The molecule has 6 rings (SSSR count). The monoisotopic (exact) mass is 612 g/mol. The molecular weight excluding hydrogens is 591 g/mol. The Hall–Kier alpha value is -4.18. The van der Waals surface area contributed by atoms with Gasteiger partial charge in [0.2, 0.25) is 0 Å². The van der Waals surface area contributed by atoms with Gasteiger partial charge in [0, 0.05) is 23.3 Å². The summed E-state index contributed by atoms with van der Waals surface area (Å²) in [5, 5.41) is 0. The molecule has 0 aliphatic heterocycles. The SMILES string of the molecule is C(=C\n1c(-c2ccccc2)c[n+]2ccccc12)/n1c(-c2ccccc2)c[n+]2ccccc12.[O-][Cl+3]([O-])([O-])[O-].[O-][Cl+3]([O-])([O-])[O-]. The topological polar surface area (TPSA) is 203 Å². The molecule has 2 aromatic carbocycles. The molecule has 0 aliphatic rings. The van der Waals surface area contributed by atoms with Crippen LogP contribution < -0.4 is 46.1 Å². The van der Waals surface area contributed by atoms with Crippen molar-refractivity contribution >= 4 is 23.7 Å². The molecule has 0 radical (unpaired) electrons. The van der Waals surface area contributed by atoms with Gasteiger partial charge in [-0.2, -0.15) is 9.13 Å². The molecule has 14 heteroatoms. The number of aromatic nitrogens is 4. The summed E-state index contributed by atoms with van der Waals surface area (Å²) in [6.45, 7) is 0. The minimum atomic E-state index is -4.94. The summed E-state index contributed by atoms with van der Waals surface area (Å²) in [6.07, 6.45) is 12.8. The first-order valence-corrected chi connectivity index (χ1v) is 14.4. The van der Waals surface area contributed by atoms with Crippen molar-refractivity contribution in [1.29, 1.82) is 0 Å². The second-order valence-corrected chi connectivity index (χ2v) is 10.00. The Balaban J connectivity index is 0.000000352. The standard InChI is InChI=1S/C28H22N4.2ClHO4/c1-3-11-23(12-4-1)25-21-29-17-9-7-15-27(29)31(25)19-20-32-26(24-13-5-2-6-14-24)22-30-18-10-8-16-28(30)32;2*2-1(3,4)5/h1-22H;2*(H,2,3,4,5)/q+2;;/p-2/b20-19+;;. The molecule has 0 spiro atoms. The molecule has 0 saturated carbocycles. The third-order valence-corrected chi connectivity index (χ3v) is 5.77. The zero-order chi connectivity index (χ0) is 30.3. The number of rotatable bonds is 4. The molecule has 0 bridgehead atoms. The Kier molecular flexibility index (Phi) is 9.67. The molecule has 0 amide bonds. The first kappa shape index (κ1) is 30.8. The van der Waals surface area contributed by atoms with Crippen molar-refractivity contribution in [1.82, 2.24) is 9.13 Å². The Morgan fingerprint density at radius 1 is 0.452 bits per heavy atom. The fourth-order valence-corrected chi connectivity index (χ4v) is 4.25. The van der Waals surface area contributed by atoms with E-state index < -0.39 is 20.5 Å². The summed E-state index contributed by atoms with van der Waals surface area (Å²) in [7, 11) is -9.89. The van der Waals surface area contributed by atoms with Crippen molar-refractivity contribution in [2.75, 3.05) is 0 Å². The van der Waals surface area contributed by atoms with Gasteiger partial charge < -0.3 is 0 Å². The van der Waals surface area contributed by atoms with Crippen molar-refractivity contribution in [2.45, 2.75) is 0 Å². The highest BCUT2D eigenvalue weighted by Gasteiger charge is 2.20. The minimum absolute atomic E-state index is 1.10. The van der Waals surface area contributed by atoms with Gasteiger partial charge in [0.15, 0.2) is 11.4 Å². The Bertz CT molecular complexity index is 1640. The molecule has 42 heavy (non-hydrogen) atoms. The average Bonchev–Trinajstić information content (AvgIpc) is 3.49. The Morgan fingerprint density at radius 2 is 0.762 bits per heavy atom. The van der Waals surface area contributed by atoms with Crippen LogP contribution in [0.1, 0.15) is 0 Å². The van der Waals surface area contributed by atoms with Crippen LogP contribution in [0.15, 0.2) is 122 Å². The number of halogens is 2. The van der Waals surface area contributed by atoms with Crippen molar-refractivity contribution in [3.05, 3.63) is 122 Å². The van der Waals surface area contributed by atoms with Crippen LogP contribution in [0, 0.1) is 20.5 Å². The van der Waals surface area contributed by atoms with E-state index in [9.17, 15) is 0 Å². The number of hydrogen-bond acceptors (Lipinski definition) is 8. The van der Waals surface area contributed by atoms with E-state index in [1.165, 1.54) is 11.1 Å². The minimum Gasteiger partial charge on any atom is -0.222 e. The first-order chi connectivity index (χ1) is 19.9. The lowest BCUT2D eigenvalue weighted by Gasteiger charge is -2.17. The Morgan fingerprint density at radius 3 is 1.10 bits per heavy atom. The van der Waals surface area contributed by atoms with Gasteiger partial charge in [-0.1, -0.05) is 72.8 Å². The van der Waals surface area contributed by atoms with Crippen LogP contribution in [0.4, 0.5) is 0 Å². The lowest BCUT2D eigenvalue weighted by atomic mass is 10.2. The van der Waals surface area contributed by atoms with Crippen molar-refractivity contribution in [2.24, 2.45) is 0 Å². The predicted molar refractivity (Wildman–Crippen MR) is 128 cm³/mol. The second-order valence-electron chi connectivity index (χ2n) is 8.49. The predicted octanol–water partition coefficient (Wildman–Crippen LogP) is -4.33. The van der Waals surface area contributed by atoms with E-state index in [2.05, 4.69) is 152 Å². The lowest BCUT2D eigenvalue weighted by molar-refractivity contribution is -2.00. The van der Waals surface area contributed by atoms with Gasteiger partial charge in [0.1, 0.15) is 24.8 Å². The van der Waals surface area contributed by atoms with Crippen LogP contribution >= 0.6 is 0 Å². The molecule has 0 saturated heterocycles. The van der Waals surface area contributed by atoms with E-state index >= 15 is 0 Å². The van der Waals surface area contributed by atoms with Crippen molar-refractivity contribution in [3.63, 3.8) is 0 Å². The fraction of sp³-hybridized carbons (Fsp3) is 0. The van der Waals surface area contributed by atoms with Crippen LogP contribution in [0.5, 0.6) is 0 Å². The van der Waals surface area contributed by atoms with Crippen LogP contribution in [0.3, 0.4) is 0 Å². The van der Waals surface area contributed by atoms with Crippen LogP contribution in [-0.4, -0.2) is 9.13 Å². The average molecular weight is 613 g/mol. The van der Waals surface area contributed by atoms with Gasteiger partial charge >= 0.3 is 0 Å². The van der Waals surface area contributed by atoms with Gasteiger partial charge in [0.05, 0.1) is 12.4 Å². The number of imidazole rings is 2. The number of fused-ring (bicyclic) bond motifs is 2. The smallest absolute Gasteiger partial charge is 0.222 e. The van der Waals surface area contributed by atoms with Gasteiger partial charge in [0.25, 0.3) is 11.3 Å². The van der Waals surface area contributed by atoms with E-state index in [4.69, 9.17) is 37.3 Å². The molecule has 0 N–H and O–H groups in total. The fourth-order valence-electron chi connectivity index (χ4n) is 4.25. The zero-order valence-electron chi connectivity index (χ0n) is 21.5. The van der Waals surface area contributed by atoms with E-state index in [0.29, 0.717) is 0 Å². The summed E-state index contributed by atoms with van der Waals surface area (Å²) in [4.78, 5) is 0. The largest absolute Gasteiger partial charge is 0.291 e. The van der Waals surface area contributed by atoms with Crippen molar-refractivity contribution < 1.29 is 66.6 Å². The molecule has 12 nitrogen and oxygen atoms in total. The zero-order valence-corrected chi connectivity index (χ0v) is 23.0. The third kappa shape index (κ3) is 8.66. The maximum atomic E-state index is 8.49. The molecule has 0 unspecified atom stereocenters. The quantitative estimate of drug-likeness (QED) is 0.178.